The lowest BCUT2D eigenvalue weighted by Crippen LogP contribution is -2.36. The molecule has 1 heterocycles. The Bertz CT molecular complexity index is 502. The van der Waals surface area contributed by atoms with E-state index in [-0.39, 0.29) is 23.3 Å². The Morgan fingerprint density at radius 3 is 2.74 bits per heavy atom. The molecule has 2 atom stereocenters. The molecule has 0 radical (unpaired) electrons. The number of ether oxygens (including phenoxy) is 2. The van der Waals surface area contributed by atoms with Crippen molar-refractivity contribution in [2.75, 3.05) is 7.11 Å². The predicted molar refractivity (Wildman–Crippen MR) is 61.3 cm³/mol. The number of benzene rings is 1. The van der Waals surface area contributed by atoms with Gasteiger partial charge in [-0.25, -0.2) is 9.18 Å². The Balaban J connectivity index is 2.52. The first kappa shape index (κ1) is 13.7. The molecule has 0 saturated carbocycles. The zero-order valence-electron chi connectivity index (χ0n) is 10.5. The largest absolute Gasteiger partial charge is 0.496 e. The summed E-state index contributed by atoms with van der Waals surface area (Å²) in [6.45, 7) is 1.30. The molecule has 19 heavy (non-hydrogen) atoms. The van der Waals surface area contributed by atoms with Crippen molar-refractivity contribution in [3.63, 3.8) is 0 Å². The fourth-order valence-corrected chi connectivity index (χ4v) is 2.11. The van der Waals surface area contributed by atoms with Gasteiger partial charge in [-0.1, -0.05) is 13.0 Å². The molecule has 0 N–H and O–H groups in total. The van der Waals surface area contributed by atoms with Gasteiger partial charge in [0, 0.05) is 0 Å². The van der Waals surface area contributed by atoms with E-state index in [2.05, 4.69) is 4.74 Å². The van der Waals surface area contributed by atoms with Crippen molar-refractivity contribution >= 4 is 5.97 Å². The summed E-state index contributed by atoms with van der Waals surface area (Å²) in [5.74, 6) is -4.58. The third kappa shape index (κ3) is 2.05. The SMILES string of the molecule is CCC(F)C(F)(F)C1OC(=O)c2cccc(OC)c21. The van der Waals surface area contributed by atoms with Crippen molar-refractivity contribution in [1.29, 1.82) is 0 Å². The van der Waals surface area contributed by atoms with E-state index in [0.29, 0.717) is 0 Å². The zero-order chi connectivity index (χ0) is 14.2. The molecule has 2 rings (SSSR count). The number of hydrogen-bond acceptors (Lipinski definition) is 3. The number of carbonyl (C=O) groups is 1. The maximum atomic E-state index is 14.0. The van der Waals surface area contributed by atoms with E-state index >= 15 is 0 Å². The first-order valence-corrected chi connectivity index (χ1v) is 5.83. The van der Waals surface area contributed by atoms with Crippen LogP contribution in [0.15, 0.2) is 18.2 Å². The van der Waals surface area contributed by atoms with Crippen LogP contribution in [-0.2, 0) is 4.74 Å². The second-order valence-corrected chi connectivity index (χ2v) is 4.26. The molecule has 104 valence electrons. The van der Waals surface area contributed by atoms with Gasteiger partial charge in [0.15, 0.2) is 12.3 Å². The molecule has 1 aliphatic heterocycles. The first-order chi connectivity index (χ1) is 8.93. The molecular weight excluding hydrogens is 261 g/mol. The summed E-state index contributed by atoms with van der Waals surface area (Å²) >= 11 is 0. The highest BCUT2D eigenvalue weighted by atomic mass is 19.3. The Labute approximate surface area is 108 Å². The quantitative estimate of drug-likeness (QED) is 0.790. The Morgan fingerprint density at radius 1 is 1.47 bits per heavy atom. The molecular formula is C13H13F3O3. The number of carbonyl (C=O) groups excluding carboxylic acids is 1. The molecule has 0 amide bonds. The number of fused-ring (bicyclic) bond motifs is 1. The Morgan fingerprint density at radius 2 is 2.16 bits per heavy atom. The van der Waals surface area contributed by atoms with Crippen LogP contribution in [0, 0.1) is 0 Å². The average Bonchev–Trinajstić information content (AvgIpc) is 2.76. The van der Waals surface area contributed by atoms with Gasteiger partial charge < -0.3 is 9.47 Å². The fourth-order valence-electron chi connectivity index (χ4n) is 2.11. The van der Waals surface area contributed by atoms with E-state index in [1.54, 1.807) is 0 Å². The molecule has 0 saturated heterocycles. The Kier molecular flexibility index (Phi) is 3.43. The number of esters is 1. The normalized spacial score (nSPS) is 19.8. The highest BCUT2D eigenvalue weighted by Gasteiger charge is 2.55. The summed E-state index contributed by atoms with van der Waals surface area (Å²) < 4.78 is 51.0. The first-order valence-electron chi connectivity index (χ1n) is 5.83. The van der Waals surface area contributed by atoms with Gasteiger partial charge in [0.05, 0.1) is 18.2 Å². The fraction of sp³-hybridized carbons (Fsp3) is 0.462. The monoisotopic (exact) mass is 274 g/mol. The predicted octanol–water partition coefficient (Wildman–Crippen LogP) is 3.29. The van der Waals surface area contributed by atoms with Crippen LogP contribution in [0.4, 0.5) is 13.2 Å². The smallest absolute Gasteiger partial charge is 0.339 e. The summed E-state index contributed by atoms with van der Waals surface area (Å²) in [5, 5.41) is 0. The van der Waals surface area contributed by atoms with E-state index < -0.39 is 24.2 Å². The van der Waals surface area contributed by atoms with E-state index in [9.17, 15) is 18.0 Å². The summed E-state index contributed by atoms with van der Waals surface area (Å²) in [6, 6.07) is 4.28. The van der Waals surface area contributed by atoms with Crippen LogP contribution in [0.1, 0.15) is 35.4 Å². The van der Waals surface area contributed by atoms with Gasteiger partial charge in [-0.2, -0.15) is 8.78 Å². The topological polar surface area (TPSA) is 35.5 Å². The molecule has 0 fully saturated rings. The lowest BCUT2D eigenvalue weighted by Gasteiger charge is -2.26. The maximum absolute atomic E-state index is 14.0. The number of methoxy groups -OCH3 is 1. The summed E-state index contributed by atoms with van der Waals surface area (Å²) in [5.41, 5.74) is -0.0940. The second-order valence-electron chi connectivity index (χ2n) is 4.26. The standard InChI is InChI=1S/C13H13F3O3/c1-3-9(14)13(15,16)11-10-7(12(17)19-11)5-4-6-8(10)18-2/h4-6,9,11H,3H2,1-2H3. The minimum atomic E-state index is -3.79. The number of hydrogen-bond donors (Lipinski definition) is 0. The van der Waals surface area contributed by atoms with Crippen LogP contribution < -0.4 is 4.74 Å². The van der Waals surface area contributed by atoms with Gasteiger partial charge in [-0.05, 0) is 18.6 Å². The van der Waals surface area contributed by atoms with E-state index in [1.807, 2.05) is 0 Å². The van der Waals surface area contributed by atoms with Crippen LogP contribution in [0.25, 0.3) is 0 Å². The highest BCUT2D eigenvalue weighted by molar-refractivity contribution is 5.95. The summed E-state index contributed by atoms with van der Waals surface area (Å²) in [4.78, 5) is 11.6. The van der Waals surface area contributed by atoms with Crippen LogP contribution in [-0.4, -0.2) is 25.2 Å². The summed E-state index contributed by atoms with van der Waals surface area (Å²) in [6.07, 6.45) is -4.70. The van der Waals surface area contributed by atoms with Gasteiger partial charge in [-0.15, -0.1) is 0 Å². The maximum Gasteiger partial charge on any atom is 0.339 e. The lowest BCUT2D eigenvalue weighted by atomic mass is 9.96. The lowest BCUT2D eigenvalue weighted by molar-refractivity contribution is -0.155. The summed E-state index contributed by atoms with van der Waals surface area (Å²) in [7, 11) is 1.29. The highest BCUT2D eigenvalue weighted by Crippen LogP contribution is 2.48. The van der Waals surface area contributed by atoms with E-state index in [1.165, 1.54) is 32.2 Å². The van der Waals surface area contributed by atoms with Crippen molar-refractivity contribution in [2.45, 2.75) is 31.5 Å². The second kappa shape index (κ2) is 4.75. The molecule has 1 aromatic rings. The molecule has 1 aromatic carbocycles. The van der Waals surface area contributed by atoms with Crippen molar-refractivity contribution in [2.24, 2.45) is 0 Å². The third-order valence-corrected chi connectivity index (χ3v) is 3.12. The van der Waals surface area contributed by atoms with Crippen molar-refractivity contribution < 1.29 is 27.4 Å². The molecule has 0 bridgehead atoms. The average molecular weight is 274 g/mol. The van der Waals surface area contributed by atoms with Crippen molar-refractivity contribution in [3.05, 3.63) is 29.3 Å². The minimum absolute atomic E-state index is 0.00710. The van der Waals surface area contributed by atoms with Crippen LogP contribution in [0.3, 0.4) is 0 Å². The van der Waals surface area contributed by atoms with Crippen LogP contribution >= 0.6 is 0 Å². The molecule has 3 nitrogen and oxygen atoms in total. The molecule has 1 aliphatic rings. The Hall–Kier alpha value is -1.72. The van der Waals surface area contributed by atoms with Gasteiger partial charge in [0.25, 0.3) is 0 Å². The third-order valence-electron chi connectivity index (χ3n) is 3.12. The number of cyclic esters (lactones) is 1. The molecule has 2 unspecified atom stereocenters. The van der Waals surface area contributed by atoms with Gasteiger partial charge in [-0.3, -0.25) is 0 Å². The van der Waals surface area contributed by atoms with Crippen molar-refractivity contribution in [3.8, 4) is 5.75 Å². The van der Waals surface area contributed by atoms with E-state index in [0.717, 1.165) is 0 Å². The number of rotatable bonds is 4. The van der Waals surface area contributed by atoms with Gasteiger partial charge in [0.2, 0.25) is 0 Å². The zero-order valence-corrected chi connectivity index (χ0v) is 10.5. The van der Waals surface area contributed by atoms with Gasteiger partial charge in [0.1, 0.15) is 5.75 Å². The molecule has 0 spiro atoms. The molecule has 0 aliphatic carbocycles. The molecule has 6 heteroatoms. The van der Waals surface area contributed by atoms with Crippen LogP contribution in [0.5, 0.6) is 5.75 Å². The molecule has 0 aromatic heterocycles. The van der Waals surface area contributed by atoms with Crippen LogP contribution in [0.2, 0.25) is 0 Å². The van der Waals surface area contributed by atoms with Crippen molar-refractivity contribution in [1.82, 2.24) is 0 Å². The minimum Gasteiger partial charge on any atom is -0.496 e. The number of halogens is 3. The van der Waals surface area contributed by atoms with Gasteiger partial charge >= 0.3 is 11.9 Å². The van der Waals surface area contributed by atoms with E-state index in [4.69, 9.17) is 4.74 Å². The number of alkyl halides is 3.